The summed E-state index contributed by atoms with van der Waals surface area (Å²) >= 11 is 2.22. The van der Waals surface area contributed by atoms with Gasteiger partial charge in [0.25, 0.3) is 0 Å². The van der Waals surface area contributed by atoms with Gasteiger partial charge in [-0.15, -0.1) is 0 Å². The van der Waals surface area contributed by atoms with Crippen LogP contribution in [0.15, 0.2) is 0 Å². The first kappa shape index (κ1) is 13.4. The molecule has 0 radical (unpaired) electrons. The van der Waals surface area contributed by atoms with E-state index in [9.17, 15) is 4.79 Å². The summed E-state index contributed by atoms with van der Waals surface area (Å²) < 4.78 is 2.05. The van der Waals surface area contributed by atoms with Gasteiger partial charge in [-0.1, -0.05) is 20.8 Å². The van der Waals surface area contributed by atoms with Crippen LogP contribution in [-0.4, -0.2) is 21.0 Å². The minimum absolute atomic E-state index is 0.0570. The smallest absolute Gasteiger partial charge is 0.152 e. The number of carbonyl (C=O) groups is 1. The highest BCUT2D eigenvalue weighted by molar-refractivity contribution is 14.1. The molecule has 0 bridgehead atoms. The van der Waals surface area contributed by atoms with E-state index in [4.69, 9.17) is 0 Å². The first-order chi connectivity index (χ1) is 5.55. The summed E-state index contributed by atoms with van der Waals surface area (Å²) in [6, 6.07) is 0. The van der Waals surface area contributed by atoms with Crippen molar-refractivity contribution < 1.29 is 4.79 Å². The van der Waals surface area contributed by atoms with Gasteiger partial charge in [-0.2, -0.15) is 0 Å². The maximum absolute atomic E-state index is 11.7. The zero-order valence-corrected chi connectivity index (χ0v) is 11.6. The highest BCUT2D eigenvalue weighted by atomic mass is 127. The summed E-state index contributed by atoms with van der Waals surface area (Å²) in [7, 11) is 0. The average molecular weight is 297 g/mol. The first-order valence-electron chi connectivity index (χ1n) is 4.52. The maximum Gasteiger partial charge on any atom is 0.152 e. The third kappa shape index (κ3) is 4.96. The minimum atomic E-state index is -0.228. The molecule has 2 nitrogen and oxygen atoms in total. The summed E-state index contributed by atoms with van der Waals surface area (Å²) in [6.45, 7) is 12.7. The molecule has 0 rings (SSSR count). The molecule has 0 amide bonds. The molecule has 0 saturated heterocycles. The van der Waals surface area contributed by atoms with Crippen LogP contribution >= 0.6 is 22.9 Å². The van der Waals surface area contributed by atoms with Crippen LogP contribution in [0, 0.1) is 5.41 Å². The molecule has 3 heteroatoms. The Bertz CT molecular complexity index is 188. The number of halogens is 1. The highest BCUT2D eigenvalue weighted by Crippen LogP contribution is 2.22. The third-order valence-electron chi connectivity index (χ3n) is 1.85. The largest absolute Gasteiger partial charge is 0.298 e. The molecule has 0 unspecified atom stereocenters. The van der Waals surface area contributed by atoms with Gasteiger partial charge in [0, 0.05) is 33.8 Å². The SMILES string of the molecule is CC(C)(C)C(=O)CN(I)C(C)(C)C. The first-order valence-corrected chi connectivity index (χ1v) is 5.48. The van der Waals surface area contributed by atoms with E-state index >= 15 is 0 Å². The van der Waals surface area contributed by atoms with Crippen molar-refractivity contribution in [3.8, 4) is 0 Å². The van der Waals surface area contributed by atoms with Crippen LogP contribution in [0.5, 0.6) is 0 Å². The van der Waals surface area contributed by atoms with E-state index in [-0.39, 0.29) is 16.7 Å². The molecular formula is C10H20INO. The fourth-order valence-electron chi connectivity index (χ4n) is 0.600. The number of hydrogen-bond donors (Lipinski definition) is 0. The molecule has 0 fully saturated rings. The Kier molecular flexibility index (Phi) is 4.37. The van der Waals surface area contributed by atoms with Crippen molar-refractivity contribution in [1.82, 2.24) is 3.11 Å². The zero-order chi connectivity index (χ0) is 10.9. The van der Waals surface area contributed by atoms with Crippen LogP contribution < -0.4 is 0 Å². The standard InChI is InChI=1S/C10H20INO/c1-9(2,3)8(13)7-12(11)10(4,5)6/h7H2,1-6H3. The molecule has 0 aliphatic carbocycles. The molecule has 0 N–H and O–H groups in total. The second-order valence-electron chi connectivity index (χ2n) is 5.36. The summed E-state index contributed by atoms with van der Waals surface area (Å²) in [5, 5.41) is 0. The predicted molar refractivity (Wildman–Crippen MR) is 64.9 cm³/mol. The Labute approximate surface area is 95.6 Å². The van der Waals surface area contributed by atoms with Crippen LogP contribution in [0.25, 0.3) is 0 Å². The van der Waals surface area contributed by atoms with Crippen molar-refractivity contribution in [1.29, 1.82) is 0 Å². The monoisotopic (exact) mass is 297 g/mol. The lowest BCUT2D eigenvalue weighted by Gasteiger charge is -2.31. The number of ketones is 1. The Morgan fingerprint density at radius 3 is 1.77 bits per heavy atom. The molecular weight excluding hydrogens is 277 g/mol. The van der Waals surface area contributed by atoms with Crippen LogP contribution in [0.3, 0.4) is 0 Å². The third-order valence-corrected chi connectivity index (χ3v) is 3.64. The number of hydrogen-bond acceptors (Lipinski definition) is 2. The van der Waals surface area contributed by atoms with Crippen LogP contribution in [-0.2, 0) is 4.79 Å². The number of Topliss-reactive ketones (excluding diaryl/α,β-unsaturated/α-hetero) is 1. The van der Waals surface area contributed by atoms with Gasteiger partial charge in [0.15, 0.2) is 5.78 Å². The predicted octanol–water partition coefficient (Wildman–Crippen LogP) is 3.05. The number of carbonyl (C=O) groups excluding carboxylic acids is 1. The Balaban J connectivity index is 4.24. The summed E-state index contributed by atoms with van der Waals surface area (Å²) in [6.07, 6.45) is 0. The van der Waals surface area contributed by atoms with Crippen molar-refractivity contribution in [3.05, 3.63) is 0 Å². The molecule has 0 saturated carbocycles. The lowest BCUT2D eigenvalue weighted by Crippen LogP contribution is -2.40. The van der Waals surface area contributed by atoms with Gasteiger partial charge in [0.2, 0.25) is 0 Å². The van der Waals surface area contributed by atoms with E-state index < -0.39 is 0 Å². The van der Waals surface area contributed by atoms with Gasteiger partial charge in [-0.05, 0) is 20.8 Å². The average Bonchev–Trinajstić information content (AvgIpc) is 1.82. The van der Waals surface area contributed by atoms with E-state index in [1.807, 2.05) is 20.8 Å². The molecule has 0 aromatic heterocycles. The Morgan fingerprint density at radius 2 is 1.54 bits per heavy atom. The van der Waals surface area contributed by atoms with Gasteiger partial charge in [0.1, 0.15) is 0 Å². The fraction of sp³-hybridized carbons (Fsp3) is 0.900. The van der Waals surface area contributed by atoms with E-state index in [2.05, 4.69) is 46.7 Å². The van der Waals surface area contributed by atoms with Crippen LogP contribution in [0.2, 0.25) is 0 Å². The topological polar surface area (TPSA) is 20.3 Å². The molecule has 0 aliphatic rings. The highest BCUT2D eigenvalue weighted by Gasteiger charge is 2.27. The van der Waals surface area contributed by atoms with E-state index in [1.165, 1.54) is 0 Å². The summed E-state index contributed by atoms with van der Waals surface area (Å²) in [4.78, 5) is 11.7. The second-order valence-corrected chi connectivity index (χ2v) is 6.53. The quantitative estimate of drug-likeness (QED) is 0.577. The number of nitrogens with zero attached hydrogens (tertiary/aromatic N) is 1. The molecule has 0 aromatic carbocycles. The normalized spacial score (nSPS) is 13.5. The van der Waals surface area contributed by atoms with Crippen LogP contribution in [0.1, 0.15) is 41.5 Å². The van der Waals surface area contributed by atoms with Gasteiger partial charge in [0.05, 0.1) is 6.54 Å². The zero-order valence-electron chi connectivity index (χ0n) is 9.44. The molecule has 13 heavy (non-hydrogen) atoms. The molecule has 0 aliphatic heterocycles. The molecule has 0 aromatic rings. The van der Waals surface area contributed by atoms with Crippen molar-refractivity contribution in [2.24, 2.45) is 5.41 Å². The van der Waals surface area contributed by atoms with Crippen LogP contribution in [0.4, 0.5) is 0 Å². The second kappa shape index (κ2) is 4.26. The number of rotatable bonds is 2. The van der Waals surface area contributed by atoms with Crippen molar-refractivity contribution in [2.45, 2.75) is 47.1 Å². The minimum Gasteiger partial charge on any atom is -0.298 e. The Hall–Kier alpha value is 0.360. The fourth-order valence-corrected chi connectivity index (χ4v) is 0.910. The van der Waals surface area contributed by atoms with Crippen molar-refractivity contribution in [3.63, 3.8) is 0 Å². The summed E-state index contributed by atoms with van der Waals surface area (Å²) in [5.41, 5.74) is -0.170. The molecule has 78 valence electrons. The van der Waals surface area contributed by atoms with E-state index in [0.29, 0.717) is 6.54 Å². The van der Waals surface area contributed by atoms with Crippen molar-refractivity contribution >= 4 is 28.6 Å². The maximum atomic E-state index is 11.7. The molecule has 0 atom stereocenters. The van der Waals surface area contributed by atoms with Gasteiger partial charge >= 0.3 is 0 Å². The lowest BCUT2D eigenvalue weighted by atomic mass is 9.90. The molecule has 0 spiro atoms. The Morgan fingerprint density at radius 1 is 1.15 bits per heavy atom. The molecule has 0 heterocycles. The van der Waals surface area contributed by atoms with Gasteiger partial charge in [-0.3, -0.25) is 4.79 Å². The summed E-state index contributed by atoms with van der Waals surface area (Å²) in [5.74, 6) is 0.289. The van der Waals surface area contributed by atoms with Crippen molar-refractivity contribution in [2.75, 3.05) is 6.54 Å². The van der Waals surface area contributed by atoms with Gasteiger partial charge < -0.3 is 0 Å². The van der Waals surface area contributed by atoms with E-state index in [1.54, 1.807) is 0 Å². The lowest BCUT2D eigenvalue weighted by molar-refractivity contribution is -0.126. The van der Waals surface area contributed by atoms with Gasteiger partial charge in [-0.25, -0.2) is 3.11 Å². The van der Waals surface area contributed by atoms with E-state index in [0.717, 1.165) is 0 Å².